The van der Waals surface area contributed by atoms with Crippen LogP contribution in [0, 0.1) is 11.8 Å². The Morgan fingerprint density at radius 2 is 2.07 bits per heavy atom. The Labute approximate surface area is 162 Å². The SMILES string of the molecule is CCCCCC(O)C#Cc1nc(N)c2ncn(C3O[C@H](CO)[C@@H](O)[C@H]3O)c2n1. The molecule has 5 atom stereocenters. The first-order valence-electron chi connectivity index (χ1n) is 9.28. The van der Waals surface area contributed by atoms with Crippen molar-refractivity contribution in [1.29, 1.82) is 0 Å². The maximum atomic E-state index is 10.2. The molecule has 1 aliphatic rings. The normalized spacial score (nSPS) is 25.6. The van der Waals surface area contributed by atoms with E-state index in [0.29, 0.717) is 11.9 Å². The van der Waals surface area contributed by atoms with E-state index in [4.69, 9.17) is 10.5 Å². The molecule has 3 rings (SSSR count). The first-order valence-corrected chi connectivity index (χ1v) is 9.28. The minimum absolute atomic E-state index is 0.0975. The number of anilines is 1. The summed E-state index contributed by atoms with van der Waals surface area (Å²) < 4.78 is 6.93. The van der Waals surface area contributed by atoms with Crippen molar-refractivity contribution in [2.45, 2.75) is 63.3 Å². The number of nitrogens with zero attached hydrogens (tertiary/aromatic N) is 4. The molecular formula is C18H25N5O5. The quantitative estimate of drug-likeness (QED) is 0.317. The summed E-state index contributed by atoms with van der Waals surface area (Å²) in [6, 6.07) is 0. The van der Waals surface area contributed by atoms with Gasteiger partial charge in [-0.25, -0.2) is 15.0 Å². The predicted octanol–water partition coefficient (Wildman–Crippen LogP) is -0.687. The average molecular weight is 391 g/mol. The Hall–Kier alpha value is -2.29. The molecule has 152 valence electrons. The molecule has 1 aliphatic heterocycles. The second-order valence-corrected chi connectivity index (χ2v) is 6.77. The van der Waals surface area contributed by atoms with E-state index in [0.717, 1.165) is 19.3 Å². The van der Waals surface area contributed by atoms with Gasteiger partial charge in [-0.3, -0.25) is 4.57 Å². The predicted molar refractivity (Wildman–Crippen MR) is 99.8 cm³/mol. The van der Waals surface area contributed by atoms with E-state index in [1.54, 1.807) is 0 Å². The molecule has 0 amide bonds. The van der Waals surface area contributed by atoms with Gasteiger partial charge in [0.15, 0.2) is 17.7 Å². The van der Waals surface area contributed by atoms with E-state index in [1.165, 1.54) is 10.9 Å². The number of fused-ring (bicyclic) bond motifs is 1. The van der Waals surface area contributed by atoms with Gasteiger partial charge in [-0.15, -0.1) is 0 Å². The van der Waals surface area contributed by atoms with E-state index < -0.39 is 37.3 Å². The van der Waals surface area contributed by atoms with Gasteiger partial charge in [0.25, 0.3) is 0 Å². The lowest BCUT2D eigenvalue weighted by Crippen LogP contribution is -2.33. The first-order chi connectivity index (χ1) is 13.5. The summed E-state index contributed by atoms with van der Waals surface area (Å²) in [6.07, 6.45) is -0.319. The maximum absolute atomic E-state index is 10.2. The zero-order valence-electron chi connectivity index (χ0n) is 15.6. The Morgan fingerprint density at radius 1 is 1.29 bits per heavy atom. The second-order valence-electron chi connectivity index (χ2n) is 6.77. The lowest BCUT2D eigenvalue weighted by molar-refractivity contribution is -0.0511. The van der Waals surface area contributed by atoms with Crippen LogP contribution >= 0.6 is 0 Å². The molecule has 2 aromatic rings. The molecule has 0 aromatic carbocycles. The van der Waals surface area contributed by atoms with Gasteiger partial charge < -0.3 is 30.9 Å². The highest BCUT2D eigenvalue weighted by Crippen LogP contribution is 2.31. The fourth-order valence-electron chi connectivity index (χ4n) is 3.10. The number of aliphatic hydroxyl groups excluding tert-OH is 4. The molecule has 2 unspecified atom stereocenters. The number of aliphatic hydroxyl groups is 4. The van der Waals surface area contributed by atoms with Gasteiger partial charge in [-0.2, -0.15) is 0 Å². The molecule has 2 aromatic heterocycles. The zero-order valence-corrected chi connectivity index (χ0v) is 15.6. The van der Waals surface area contributed by atoms with Gasteiger partial charge in [0.2, 0.25) is 5.82 Å². The summed E-state index contributed by atoms with van der Waals surface area (Å²) in [6.45, 7) is 1.64. The average Bonchev–Trinajstić information content (AvgIpc) is 3.22. The van der Waals surface area contributed by atoms with Gasteiger partial charge in [0, 0.05) is 0 Å². The Morgan fingerprint density at radius 3 is 2.75 bits per heavy atom. The van der Waals surface area contributed by atoms with E-state index in [2.05, 4.69) is 33.7 Å². The highest BCUT2D eigenvalue weighted by Gasteiger charge is 2.44. The topological polar surface area (TPSA) is 160 Å². The third kappa shape index (κ3) is 4.09. The molecule has 0 aliphatic carbocycles. The summed E-state index contributed by atoms with van der Waals surface area (Å²) in [4.78, 5) is 12.5. The van der Waals surface area contributed by atoms with Crippen LogP contribution in [0.5, 0.6) is 0 Å². The van der Waals surface area contributed by atoms with Crippen LogP contribution in [0.25, 0.3) is 11.2 Å². The van der Waals surface area contributed by atoms with Crippen LogP contribution < -0.4 is 5.73 Å². The number of hydrogen-bond acceptors (Lipinski definition) is 9. The smallest absolute Gasteiger partial charge is 0.209 e. The Balaban J connectivity index is 1.88. The van der Waals surface area contributed by atoms with Crippen LogP contribution in [-0.4, -0.2) is 71.0 Å². The third-order valence-corrected chi connectivity index (χ3v) is 4.67. The maximum Gasteiger partial charge on any atom is 0.209 e. The van der Waals surface area contributed by atoms with Gasteiger partial charge in [-0.05, 0) is 18.8 Å². The standard InChI is InChI=1S/C18H25N5O5/c1-2-3-4-5-10(25)6-7-12-21-16(19)13-17(22-12)23(9-20-13)18-15(27)14(26)11(8-24)28-18/h9-11,14-15,18,24-27H,2-5,8H2,1H3,(H2,19,21,22)/t10?,11-,14-,15-,18?/m1/s1. The van der Waals surface area contributed by atoms with Crippen LogP contribution in [0.1, 0.15) is 44.7 Å². The molecule has 1 saturated heterocycles. The van der Waals surface area contributed by atoms with Crippen LogP contribution in [0.2, 0.25) is 0 Å². The third-order valence-electron chi connectivity index (χ3n) is 4.67. The lowest BCUT2D eigenvalue weighted by Gasteiger charge is -2.16. The molecule has 0 spiro atoms. The van der Waals surface area contributed by atoms with E-state index in [-0.39, 0.29) is 17.3 Å². The second kappa shape index (κ2) is 8.81. The number of nitrogen functional groups attached to an aromatic ring is 1. The van der Waals surface area contributed by atoms with E-state index in [9.17, 15) is 20.4 Å². The summed E-state index contributed by atoms with van der Waals surface area (Å²) in [5.74, 6) is 5.62. The van der Waals surface area contributed by atoms with Crippen LogP contribution in [-0.2, 0) is 4.74 Å². The summed E-state index contributed by atoms with van der Waals surface area (Å²) in [5, 5.41) is 39.4. The van der Waals surface area contributed by atoms with Crippen molar-refractivity contribution in [2.24, 2.45) is 0 Å². The Bertz CT molecular complexity index is 876. The number of nitrogens with two attached hydrogens (primary N) is 1. The van der Waals surface area contributed by atoms with Crippen molar-refractivity contribution in [3.05, 3.63) is 12.2 Å². The fraction of sp³-hybridized carbons (Fsp3) is 0.611. The number of unbranched alkanes of at least 4 members (excludes halogenated alkanes) is 2. The van der Waals surface area contributed by atoms with Gasteiger partial charge in [0.05, 0.1) is 12.9 Å². The molecular weight excluding hydrogens is 366 g/mol. The number of hydrogen-bond donors (Lipinski definition) is 5. The lowest BCUT2D eigenvalue weighted by atomic mass is 10.1. The minimum Gasteiger partial charge on any atom is -0.394 e. The van der Waals surface area contributed by atoms with E-state index >= 15 is 0 Å². The van der Waals surface area contributed by atoms with Crippen molar-refractivity contribution in [2.75, 3.05) is 12.3 Å². The van der Waals surface area contributed by atoms with Gasteiger partial charge >= 0.3 is 0 Å². The monoisotopic (exact) mass is 391 g/mol. The molecule has 1 fully saturated rings. The Kier molecular flexibility index (Phi) is 6.43. The number of imidazole rings is 1. The molecule has 0 bridgehead atoms. The first kappa shape index (κ1) is 20.4. The van der Waals surface area contributed by atoms with Gasteiger partial charge in [-0.1, -0.05) is 25.7 Å². The van der Waals surface area contributed by atoms with Gasteiger partial charge in [0.1, 0.15) is 29.9 Å². The van der Waals surface area contributed by atoms with E-state index in [1.807, 2.05) is 0 Å². The summed E-state index contributed by atoms with van der Waals surface area (Å²) in [7, 11) is 0. The zero-order chi connectivity index (χ0) is 20.3. The molecule has 10 nitrogen and oxygen atoms in total. The molecule has 28 heavy (non-hydrogen) atoms. The fourth-order valence-corrected chi connectivity index (χ4v) is 3.10. The largest absolute Gasteiger partial charge is 0.394 e. The summed E-state index contributed by atoms with van der Waals surface area (Å²) >= 11 is 0. The number of rotatable bonds is 6. The van der Waals surface area contributed by atoms with Crippen molar-refractivity contribution in [3.63, 3.8) is 0 Å². The van der Waals surface area contributed by atoms with Crippen LogP contribution in [0.15, 0.2) is 6.33 Å². The molecule has 0 radical (unpaired) electrons. The van der Waals surface area contributed by atoms with Crippen molar-refractivity contribution in [3.8, 4) is 11.8 Å². The highest BCUT2D eigenvalue weighted by molar-refractivity contribution is 5.82. The van der Waals surface area contributed by atoms with Crippen molar-refractivity contribution >= 4 is 17.0 Å². The number of ether oxygens (including phenoxy) is 1. The molecule has 10 heteroatoms. The number of aromatic nitrogens is 4. The minimum atomic E-state index is -1.28. The summed E-state index contributed by atoms with van der Waals surface area (Å²) in [5.41, 5.74) is 6.51. The molecule has 0 saturated carbocycles. The van der Waals surface area contributed by atoms with Crippen LogP contribution in [0.3, 0.4) is 0 Å². The van der Waals surface area contributed by atoms with Crippen molar-refractivity contribution < 1.29 is 25.2 Å². The van der Waals surface area contributed by atoms with Crippen molar-refractivity contribution in [1.82, 2.24) is 19.5 Å². The molecule has 6 N–H and O–H groups in total. The highest BCUT2D eigenvalue weighted by atomic mass is 16.6. The van der Waals surface area contributed by atoms with Crippen LogP contribution in [0.4, 0.5) is 5.82 Å². The molecule has 3 heterocycles.